The molecule has 0 spiro atoms. The smallest absolute Gasteiger partial charge is 0.249 e. The van der Waals surface area contributed by atoms with Crippen molar-refractivity contribution in [2.45, 2.75) is 12.8 Å². The number of halogens is 2. The number of nitrogens with one attached hydrogen (secondary N) is 1. The highest BCUT2D eigenvalue weighted by molar-refractivity contribution is 6.01. The molecule has 1 fully saturated rings. The van der Waals surface area contributed by atoms with Crippen LogP contribution in [-0.2, 0) is 9.59 Å². The van der Waals surface area contributed by atoms with Crippen LogP contribution in [0.4, 0.5) is 14.7 Å². The maximum absolute atomic E-state index is 13.4. The lowest BCUT2D eigenvalue weighted by atomic mass is 9.83. The summed E-state index contributed by atoms with van der Waals surface area (Å²) in [5.41, 5.74) is 1.40. The lowest BCUT2D eigenvalue weighted by molar-refractivity contribution is -0.135. The van der Waals surface area contributed by atoms with Crippen molar-refractivity contribution in [3.05, 3.63) is 48.2 Å². The third-order valence-corrected chi connectivity index (χ3v) is 4.08. The zero-order chi connectivity index (χ0) is 17.6. The van der Waals surface area contributed by atoms with Gasteiger partial charge in [-0.25, -0.2) is 13.3 Å². The van der Waals surface area contributed by atoms with Gasteiger partial charge in [0, 0.05) is 30.7 Å². The number of anilines is 1. The quantitative estimate of drug-likeness (QED) is 0.794. The molecule has 1 saturated carbocycles. The molecule has 25 heavy (non-hydrogen) atoms. The Balaban J connectivity index is 1.61. The van der Waals surface area contributed by atoms with Crippen molar-refractivity contribution < 1.29 is 18.4 Å². The number of nitrogens with zero attached hydrogens (tertiary/aromatic N) is 3. The van der Waals surface area contributed by atoms with Gasteiger partial charge in [0.15, 0.2) is 5.65 Å². The van der Waals surface area contributed by atoms with Gasteiger partial charge in [-0.3, -0.25) is 14.9 Å². The molecular weight excluding hydrogens is 330 g/mol. The molecule has 1 aliphatic rings. The number of ketones is 1. The molecule has 126 valence electrons. The predicted molar refractivity (Wildman–Crippen MR) is 84.7 cm³/mol. The molecule has 8 heteroatoms. The normalized spacial score (nSPS) is 14.6. The number of rotatable bonds is 3. The number of hydrogen-bond acceptors (Lipinski definition) is 4. The monoisotopic (exact) mass is 342 g/mol. The van der Waals surface area contributed by atoms with Crippen LogP contribution < -0.4 is 5.32 Å². The molecule has 1 amide bonds. The van der Waals surface area contributed by atoms with Crippen molar-refractivity contribution >= 4 is 23.3 Å². The number of hydrogen-bond donors (Lipinski definition) is 1. The summed E-state index contributed by atoms with van der Waals surface area (Å²) >= 11 is 0. The standard InChI is InChI=1S/C17H12F2N4O2/c18-12-3-10(4-13(19)7-12)9-1-2-15-20-17(22-23(15)8-9)21-16(25)11-5-14(24)6-11/h1-4,7-8,11H,5-6H2,(H,21,22,25). The van der Waals surface area contributed by atoms with Gasteiger partial charge in [-0.2, -0.15) is 4.98 Å². The van der Waals surface area contributed by atoms with Crippen molar-refractivity contribution in [3.63, 3.8) is 0 Å². The highest BCUT2D eigenvalue weighted by Gasteiger charge is 2.33. The summed E-state index contributed by atoms with van der Waals surface area (Å²) in [5, 5.41) is 6.72. The Hall–Kier alpha value is -3.16. The molecule has 0 atom stereocenters. The topological polar surface area (TPSA) is 76.4 Å². The van der Waals surface area contributed by atoms with Gasteiger partial charge < -0.3 is 0 Å². The second-order valence-corrected chi connectivity index (χ2v) is 5.95. The first-order valence-electron chi connectivity index (χ1n) is 7.63. The van der Waals surface area contributed by atoms with Crippen molar-refractivity contribution in [2.24, 2.45) is 5.92 Å². The second kappa shape index (κ2) is 5.73. The summed E-state index contributed by atoms with van der Waals surface area (Å²) in [5.74, 6) is -1.77. The minimum absolute atomic E-state index is 0.0649. The highest BCUT2D eigenvalue weighted by Crippen LogP contribution is 2.25. The third kappa shape index (κ3) is 2.98. The summed E-state index contributed by atoms with van der Waals surface area (Å²) < 4.78 is 28.2. The number of carbonyl (C=O) groups is 2. The largest absolute Gasteiger partial charge is 0.300 e. The molecule has 0 radical (unpaired) electrons. The predicted octanol–water partition coefficient (Wildman–Crippen LogP) is 2.59. The molecule has 2 aromatic heterocycles. The Bertz CT molecular complexity index is 987. The zero-order valence-electron chi connectivity index (χ0n) is 12.9. The van der Waals surface area contributed by atoms with Crippen LogP contribution in [0.2, 0.25) is 0 Å². The van der Waals surface area contributed by atoms with E-state index in [1.54, 1.807) is 18.3 Å². The van der Waals surface area contributed by atoms with Gasteiger partial charge in [0.25, 0.3) is 0 Å². The van der Waals surface area contributed by atoms with Crippen LogP contribution in [0, 0.1) is 17.6 Å². The molecular formula is C17H12F2N4O2. The summed E-state index contributed by atoms with van der Waals surface area (Å²) in [6.07, 6.45) is 2.06. The molecule has 4 rings (SSSR count). The minimum atomic E-state index is -0.670. The van der Waals surface area contributed by atoms with E-state index in [0.29, 0.717) is 16.8 Å². The number of pyridine rings is 1. The average molecular weight is 342 g/mol. The van der Waals surface area contributed by atoms with Gasteiger partial charge in [0.1, 0.15) is 17.4 Å². The van der Waals surface area contributed by atoms with Crippen molar-refractivity contribution in [3.8, 4) is 11.1 Å². The molecule has 3 aromatic rings. The molecule has 1 aromatic carbocycles. The molecule has 1 aliphatic carbocycles. The van der Waals surface area contributed by atoms with Gasteiger partial charge >= 0.3 is 0 Å². The number of fused-ring (bicyclic) bond motifs is 1. The van der Waals surface area contributed by atoms with Gasteiger partial charge in [-0.1, -0.05) is 0 Å². The van der Waals surface area contributed by atoms with Gasteiger partial charge in [0.05, 0.1) is 5.92 Å². The van der Waals surface area contributed by atoms with E-state index in [9.17, 15) is 18.4 Å². The van der Waals surface area contributed by atoms with Crippen LogP contribution in [0.5, 0.6) is 0 Å². The van der Waals surface area contributed by atoms with Crippen LogP contribution in [0.15, 0.2) is 36.5 Å². The fourth-order valence-electron chi connectivity index (χ4n) is 2.71. The molecule has 2 heterocycles. The first kappa shape index (κ1) is 15.4. The Morgan fingerprint density at radius 2 is 1.84 bits per heavy atom. The second-order valence-electron chi connectivity index (χ2n) is 5.95. The number of aromatic nitrogens is 3. The Kier molecular flexibility index (Phi) is 3.52. The molecule has 0 unspecified atom stereocenters. The third-order valence-electron chi connectivity index (χ3n) is 4.08. The van der Waals surface area contributed by atoms with Gasteiger partial charge in [0.2, 0.25) is 11.9 Å². The zero-order valence-corrected chi connectivity index (χ0v) is 12.9. The average Bonchev–Trinajstić information content (AvgIpc) is 2.92. The lowest BCUT2D eigenvalue weighted by Gasteiger charge is -2.21. The van der Waals surface area contributed by atoms with E-state index < -0.39 is 11.6 Å². The number of amides is 1. The van der Waals surface area contributed by atoms with E-state index in [-0.39, 0.29) is 36.4 Å². The maximum Gasteiger partial charge on any atom is 0.249 e. The van der Waals surface area contributed by atoms with Crippen LogP contribution in [-0.4, -0.2) is 26.3 Å². The first-order valence-corrected chi connectivity index (χ1v) is 7.63. The Labute approximate surface area is 140 Å². The SMILES string of the molecule is O=C1CC(C(=O)Nc2nc3ccc(-c4cc(F)cc(F)c4)cn3n2)C1. The van der Waals surface area contributed by atoms with Crippen LogP contribution >= 0.6 is 0 Å². The molecule has 0 aliphatic heterocycles. The maximum atomic E-state index is 13.4. The summed E-state index contributed by atoms with van der Waals surface area (Å²) in [6.45, 7) is 0. The van der Waals surface area contributed by atoms with E-state index in [0.717, 1.165) is 6.07 Å². The number of Topliss-reactive ketones (excluding diaryl/α,β-unsaturated/α-hetero) is 1. The van der Waals surface area contributed by atoms with E-state index in [4.69, 9.17) is 0 Å². The molecule has 6 nitrogen and oxygen atoms in total. The van der Waals surface area contributed by atoms with Crippen LogP contribution in [0.25, 0.3) is 16.8 Å². The fourth-order valence-corrected chi connectivity index (χ4v) is 2.71. The van der Waals surface area contributed by atoms with E-state index in [1.165, 1.54) is 16.6 Å². The Morgan fingerprint density at radius 3 is 2.52 bits per heavy atom. The molecule has 1 N–H and O–H groups in total. The number of benzene rings is 1. The van der Waals surface area contributed by atoms with Crippen LogP contribution in [0.1, 0.15) is 12.8 Å². The van der Waals surface area contributed by atoms with Gasteiger partial charge in [-0.05, 0) is 29.8 Å². The lowest BCUT2D eigenvalue weighted by Crippen LogP contribution is -2.34. The number of carbonyl (C=O) groups excluding carboxylic acids is 2. The van der Waals surface area contributed by atoms with Crippen LogP contribution in [0.3, 0.4) is 0 Å². The summed E-state index contributed by atoms with van der Waals surface area (Å²) in [7, 11) is 0. The summed E-state index contributed by atoms with van der Waals surface area (Å²) in [6, 6.07) is 6.54. The molecule has 0 bridgehead atoms. The highest BCUT2D eigenvalue weighted by atomic mass is 19.1. The van der Waals surface area contributed by atoms with Gasteiger partial charge in [-0.15, -0.1) is 5.10 Å². The van der Waals surface area contributed by atoms with E-state index >= 15 is 0 Å². The first-order chi connectivity index (χ1) is 12.0. The van der Waals surface area contributed by atoms with Crippen molar-refractivity contribution in [2.75, 3.05) is 5.32 Å². The molecule has 0 saturated heterocycles. The van der Waals surface area contributed by atoms with E-state index in [1.807, 2.05) is 0 Å². The van der Waals surface area contributed by atoms with Crippen molar-refractivity contribution in [1.82, 2.24) is 14.6 Å². The summed E-state index contributed by atoms with van der Waals surface area (Å²) in [4.78, 5) is 27.1. The Morgan fingerprint density at radius 1 is 1.12 bits per heavy atom. The minimum Gasteiger partial charge on any atom is -0.300 e. The van der Waals surface area contributed by atoms with Crippen molar-refractivity contribution in [1.29, 1.82) is 0 Å². The fraction of sp³-hybridized carbons (Fsp3) is 0.176. The van der Waals surface area contributed by atoms with E-state index in [2.05, 4.69) is 15.4 Å².